The Kier molecular flexibility index (Phi) is 4.86. The summed E-state index contributed by atoms with van der Waals surface area (Å²) in [6.07, 6.45) is 3.70. The molecule has 0 fully saturated rings. The highest BCUT2D eigenvalue weighted by Gasteiger charge is 2.34. The maximum Gasteiger partial charge on any atom is 0.234 e. The van der Waals surface area contributed by atoms with Crippen LogP contribution >= 0.6 is 45.3 Å². The van der Waals surface area contributed by atoms with E-state index >= 15 is 0 Å². The van der Waals surface area contributed by atoms with Crippen molar-refractivity contribution in [1.82, 2.24) is 4.57 Å². The predicted molar refractivity (Wildman–Crippen MR) is 174 cm³/mol. The van der Waals surface area contributed by atoms with E-state index in [0.717, 1.165) is 28.6 Å². The van der Waals surface area contributed by atoms with Gasteiger partial charge in [0, 0.05) is 48.5 Å². The van der Waals surface area contributed by atoms with Crippen LogP contribution in [0.5, 0.6) is 0 Å². The average molecular weight is 618 g/mol. The number of hydrogen-bond acceptors (Lipinski definition) is 8. The molecular formula is C33H15NO4S4. The molecule has 7 aromatic rings. The summed E-state index contributed by atoms with van der Waals surface area (Å²) in [5, 5.41) is 0. The molecule has 9 rings (SSSR count). The third-order valence-electron chi connectivity index (χ3n) is 7.99. The third-order valence-corrected chi connectivity index (χ3v) is 12.8. The van der Waals surface area contributed by atoms with Crippen molar-refractivity contribution in [3.63, 3.8) is 0 Å². The minimum Gasteiger partial charge on any atom is -0.340 e. The molecule has 0 saturated heterocycles. The lowest BCUT2D eigenvalue weighted by Gasteiger charge is -1.97. The molecule has 0 atom stereocenters. The van der Waals surface area contributed by atoms with E-state index in [1.54, 1.807) is 69.6 Å². The third kappa shape index (κ3) is 3.11. The lowest BCUT2D eigenvalue weighted by molar-refractivity contribution is -0.110. The van der Waals surface area contributed by atoms with Crippen LogP contribution < -0.4 is 0 Å². The zero-order chi connectivity index (χ0) is 28.4. The number of fused-ring (bicyclic) bond motifs is 9. The van der Waals surface area contributed by atoms with Gasteiger partial charge in [0.15, 0.2) is 0 Å². The van der Waals surface area contributed by atoms with Crippen LogP contribution in [0.1, 0.15) is 41.6 Å². The monoisotopic (exact) mass is 617 g/mol. The molecule has 42 heavy (non-hydrogen) atoms. The Hall–Kier alpha value is -4.28. The molecule has 200 valence electrons. The number of nitrogens with zero attached hydrogens (tertiary/aromatic N) is 1. The van der Waals surface area contributed by atoms with Crippen LogP contribution in [-0.2, 0) is 16.6 Å². The number of thiophene rings is 4. The van der Waals surface area contributed by atoms with Gasteiger partial charge in [-0.3, -0.25) is 19.2 Å². The number of aromatic nitrogens is 1. The van der Waals surface area contributed by atoms with Crippen LogP contribution in [0.4, 0.5) is 0 Å². The molecule has 9 heteroatoms. The van der Waals surface area contributed by atoms with Gasteiger partial charge >= 0.3 is 0 Å². The van der Waals surface area contributed by atoms with Gasteiger partial charge in [0.1, 0.15) is 0 Å². The second-order valence-corrected chi connectivity index (χ2v) is 14.6. The van der Waals surface area contributed by atoms with Crippen molar-refractivity contribution in [2.45, 2.75) is 0 Å². The molecule has 2 aromatic carbocycles. The van der Waals surface area contributed by atoms with E-state index in [9.17, 15) is 19.2 Å². The molecule has 0 amide bonds. The van der Waals surface area contributed by atoms with Crippen molar-refractivity contribution in [1.29, 1.82) is 0 Å². The fourth-order valence-corrected chi connectivity index (χ4v) is 11.5. The van der Waals surface area contributed by atoms with Gasteiger partial charge in [-0.15, -0.1) is 45.3 Å². The molecule has 5 heterocycles. The van der Waals surface area contributed by atoms with E-state index in [1.165, 1.54) is 20.4 Å². The number of rotatable bonds is 2. The Morgan fingerprint density at radius 3 is 1.36 bits per heavy atom. The Morgan fingerprint density at radius 1 is 0.524 bits per heavy atom. The number of ketones is 4. The van der Waals surface area contributed by atoms with Crippen LogP contribution in [0.25, 0.3) is 62.5 Å². The molecule has 5 aromatic heterocycles. The number of Topliss-reactive ketones (excluding diaryl/α,β-unsaturated/α-hetero) is 4. The SMILES string of the molecule is Cn1c2c3sc(/C=C4\C(=O)C(=O)c5ccccc54)cc3sc2c2sc3cc(/C=C4\C(=O)C(=O)c5ccccc54)sc3c21. The van der Waals surface area contributed by atoms with Crippen molar-refractivity contribution in [3.05, 3.63) is 92.7 Å². The number of carbonyl (C=O) groups excluding carboxylic acids is 4. The van der Waals surface area contributed by atoms with E-state index in [0.29, 0.717) is 33.4 Å². The van der Waals surface area contributed by atoms with Crippen molar-refractivity contribution >= 4 is 131 Å². The second-order valence-electron chi connectivity index (χ2n) is 10.3. The molecule has 2 aliphatic rings. The summed E-state index contributed by atoms with van der Waals surface area (Å²) in [5.41, 5.74) is 5.60. The van der Waals surface area contributed by atoms with E-state index in [1.807, 2.05) is 36.4 Å². The highest BCUT2D eigenvalue weighted by molar-refractivity contribution is 7.39. The highest BCUT2D eigenvalue weighted by Crippen LogP contribution is 2.51. The van der Waals surface area contributed by atoms with E-state index in [2.05, 4.69) is 23.7 Å². The molecule has 0 bridgehead atoms. The molecule has 0 N–H and O–H groups in total. The Balaban J connectivity index is 1.17. The molecule has 5 nitrogen and oxygen atoms in total. The average Bonchev–Trinajstić information content (AvgIpc) is 3.82. The first kappa shape index (κ1) is 24.3. The van der Waals surface area contributed by atoms with Gasteiger partial charge in [-0.2, -0.15) is 0 Å². The van der Waals surface area contributed by atoms with Gasteiger partial charge < -0.3 is 4.57 Å². The number of hydrogen-bond donors (Lipinski definition) is 0. The fourth-order valence-electron chi connectivity index (χ4n) is 6.10. The molecule has 0 radical (unpaired) electrons. The molecule has 0 aliphatic heterocycles. The van der Waals surface area contributed by atoms with Gasteiger partial charge in [0.2, 0.25) is 23.1 Å². The van der Waals surface area contributed by atoms with Crippen LogP contribution in [0.15, 0.2) is 60.7 Å². The van der Waals surface area contributed by atoms with Gasteiger partial charge in [-0.1, -0.05) is 48.5 Å². The first-order chi connectivity index (χ1) is 20.4. The van der Waals surface area contributed by atoms with Gasteiger partial charge in [-0.25, -0.2) is 0 Å². The van der Waals surface area contributed by atoms with Crippen LogP contribution in [-0.4, -0.2) is 27.7 Å². The Bertz CT molecular complexity index is 2330. The van der Waals surface area contributed by atoms with E-state index in [-0.39, 0.29) is 0 Å². The quantitative estimate of drug-likeness (QED) is 0.144. The number of carbonyl (C=O) groups is 4. The second kappa shape index (κ2) is 8.39. The summed E-state index contributed by atoms with van der Waals surface area (Å²) in [6, 6.07) is 18.6. The topological polar surface area (TPSA) is 73.2 Å². The largest absolute Gasteiger partial charge is 0.340 e. The summed E-state index contributed by atoms with van der Waals surface area (Å²) in [6.45, 7) is 0. The Labute approximate surface area is 253 Å². The lowest BCUT2D eigenvalue weighted by Crippen LogP contribution is -2.05. The number of allylic oxidation sites excluding steroid dienone is 2. The molecule has 0 saturated carbocycles. The predicted octanol–water partition coefficient (Wildman–Crippen LogP) is 8.50. The summed E-state index contributed by atoms with van der Waals surface area (Å²) in [7, 11) is 2.09. The Morgan fingerprint density at radius 2 is 0.929 bits per heavy atom. The first-order valence-corrected chi connectivity index (χ1v) is 16.3. The van der Waals surface area contributed by atoms with E-state index < -0.39 is 23.1 Å². The number of benzene rings is 2. The maximum atomic E-state index is 12.7. The summed E-state index contributed by atoms with van der Waals surface area (Å²) in [4.78, 5) is 52.3. The summed E-state index contributed by atoms with van der Waals surface area (Å²) >= 11 is 6.77. The molecule has 0 unspecified atom stereocenters. The molecule has 2 aliphatic carbocycles. The fraction of sp³-hybridized carbons (Fsp3) is 0.0303. The minimum absolute atomic E-state index is 0.441. The lowest BCUT2D eigenvalue weighted by atomic mass is 10.1. The van der Waals surface area contributed by atoms with Gasteiger partial charge in [0.05, 0.1) is 29.8 Å². The van der Waals surface area contributed by atoms with Crippen LogP contribution in [0.2, 0.25) is 0 Å². The normalized spacial score (nSPS) is 17.0. The first-order valence-electron chi connectivity index (χ1n) is 13.1. The van der Waals surface area contributed by atoms with Crippen molar-refractivity contribution in [2.75, 3.05) is 0 Å². The molecule has 0 spiro atoms. The van der Waals surface area contributed by atoms with Crippen molar-refractivity contribution in [2.24, 2.45) is 7.05 Å². The van der Waals surface area contributed by atoms with Crippen molar-refractivity contribution in [3.8, 4) is 0 Å². The zero-order valence-corrected chi connectivity index (χ0v) is 24.9. The summed E-state index contributed by atoms with van der Waals surface area (Å²) < 4.78 is 9.37. The highest BCUT2D eigenvalue weighted by atomic mass is 32.1. The van der Waals surface area contributed by atoms with Crippen molar-refractivity contribution < 1.29 is 19.2 Å². The number of aryl methyl sites for hydroxylation is 1. The van der Waals surface area contributed by atoms with Gasteiger partial charge in [0.25, 0.3) is 0 Å². The minimum atomic E-state index is -0.449. The maximum absolute atomic E-state index is 12.7. The standard InChI is InChI=1S/C33H15NO4S4/c1-34-24-30-22(12-14(39-30)10-20-16-6-2-4-8-18(16)26(35)28(20)37)41-32(24)33-25(34)31-23(42-33)13-15(40-31)11-21-17-7-3-5-9-19(17)27(36)29(21)38/h2-13H,1H3/b20-10-,21-11-. The van der Waals surface area contributed by atoms with Crippen LogP contribution in [0, 0.1) is 0 Å². The van der Waals surface area contributed by atoms with Crippen LogP contribution in [0.3, 0.4) is 0 Å². The summed E-state index contributed by atoms with van der Waals surface area (Å²) in [5.74, 6) is -1.78. The molecular weight excluding hydrogens is 603 g/mol. The van der Waals surface area contributed by atoms with Gasteiger partial charge in [-0.05, 0) is 35.4 Å². The smallest absolute Gasteiger partial charge is 0.234 e. The van der Waals surface area contributed by atoms with E-state index in [4.69, 9.17) is 0 Å². The zero-order valence-electron chi connectivity index (χ0n) is 21.6.